The van der Waals surface area contributed by atoms with Crippen molar-refractivity contribution < 1.29 is 44.0 Å². The summed E-state index contributed by atoms with van der Waals surface area (Å²) >= 11 is 0. The van der Waals surface area contributed by atoms with Gasteiger partial charge in [-0.2, -0.15) is 0 Å². The number of carbonyl (C=O) groups excluding carboxylic acids is 3. The lowest BCUT2D eigenvalue weighted by Crippen LogP contribution is -2.54. The Bertz CT molecular complexity index is 1020. The molecule has 1 amide bonds. The Balaban J connectivity index is 2.84. The first-order valence-electron chi connectivity index (χ1n) is 15.9. The molecule has 0 saturated heterocycles. The standard InChI is InChI=1S/C34H53NO9/c1-4-5-6-9-12-16-27(36)17-13-10-7-8-11-14-18-29(34(42,33(40)41)23-15-24-43-2)31(38)35-30(32(39)44-3)25-26-19-21-28(37)22-20-26/h14,18-22,29-30,37,42H,4-13,15-17,23-25H2,1-3H3,(H,35,38)(H,40,41)/b18-14+/t29-,30+,34+/m1/s1. The van der Waals surface area contributed by atoms with E-state index in [0.717, 1.165) is 38.5 Å². The summed E-state index contributed by atoms with van der Waals surface area (Å²) in [6.07, 6.45) is 13.9. The minimum absolute atomic E-state index is 0.0334. The number of nitrogens with one attached hydrogen (secondary N) is 1. The number of unbranched alkanes of at least 4 members (excludes halogenated alkanes) is 8. The lowest BCUT2D eigenvalue weighted by atomic mass is 9.82. The van der Waals surface area contributed by atoms with Crippen LogP contribution in [0.4, 0.5) is 0 Å². The number of methoxy groups -OCH3 is 2. The molecule has 248 valence electrons. The third-order valence-corrected chi connectivity index (χ3v) is 7.72. The summed E-state index contributed by atoms with van der Waals surface area (Å²) < 4.78 is 9.87. The molecule has 0 aliphatic rings. The zero-order valence-electron chi connectivity index (χ0n) is 26.7. The molecular formula is C34H53NO9. The molecule has 0 fully saturated rings. The Hall–Kier alpha value is -3.24. The highest BCUT2D eigenvalue weighted by Crippen LogP contribution is 2.27. The van der Waals surface area contributed by atoms with Crippen molar-refractivity contribution in [3.05, 3.63) is 42.0 Å². The molecule has 10 nitrogen and oxygen atoms in total. The van der Waals surface area contributed by atoms with Crippen LogP contribution in [0.25, 0.3) is 0 Å². The fourth-order valence-electron chi connectivity index (χ4n) is 5.03. The van der Waals surface area contributed by atoms with Gasteiger partial charge in [-0.25, -0.2) is 9.59 Å². The van der Waals surface area contributed by atoms with E-state index in [1.807, 2.05) is 0 Å². The van der Waals surface area contributed by atoms with E-state index in [9.17, 15) is 34.5 Å². The number of rotatable bonds is 25. The maximum absolute atomic E-state index is 13.5. The molecule has 0 aliphatic carbocycles. The predicted octanol–water partition coefficient (Wildman–Crippen LogP) is 5.28. The van der Waals surface area contributed by atoms with Gasteiger partial charge in [0.2, 0.25) is 5.91 Å². The van der Waals surface area contributed by atoms with Gasteiger partial charge in [0.15, 0.2) is 5.60 Å². The van der Waals surface area contributed by atoms with Crippen molar-refractivity contribution in [3.63, 3.8) is 0 Å². The van der Waals surface area contributed by atoms with Gasteiger partial charge in [-0.1, -0.05) is 69.7 Å². The first-order chi connectivity index (χ1) is 21.1. The molecule has 0 heterocycles. The van der Waals surface area contributed by atoms with Gasteiger partial charge in [0.1, 0.15) is 17.6 Å². The maximum atomic E-state index is 13.5. The lowest BCUT2D eigenvalue weighted by Gasteiger charge is -2.31. The summed E-state index contributed by atoms with van der Waals surface area (Å²) in [6.45, 7) is 2.36. The molecule has 0 saturated carbocycles. The number of esters is 1. The van der Waals surface area contributed by atoms with Crippen molar-refractivity contribution in [2.24, 2.45) is 5.92 Å². The minimum atomic E-state index is -2.44. The molecule has 0 aliphatic heterocycles. The maximum Gasteiger partial charge on any atom is 0.336 e. The van der Waals surface area contributed by atoms with E-state index in [4.69, 9.17) is 9.47 Å². The number of amides is 1. The number of ketones is 1. The van der Waals surface area contributed by atoms with Gasteiger partial charge >= 0.3 is 11.9 Å². The second-order valence-corrected chi connectivity index (χ2v) is 11.3. The van der Waals surface area contributed by atoms with Gasteiger partial charge in [-0.3, -0.25) is 9.59 Å². The monoisotopic (exact) mass is 619 g/mol. The van der Waals surface area contributed by atoms with E-state index >= 15 is 0 Å². The van der Waals surface area contributed by atoms with Crippen LogP contribution in [0.3, 0.4) is 0 Å². The van der Waals surface area contributed by atoms with Gasteiger partial charge < -0.3 is 30.1 Å². The summed E-state index contributed by atoms with van der Waals surface area (Å²) in [7, 11) is 2.64. The number of aliphatic hydroxyl groups is 1. The molecule has 1 aromatic rings. The average molecular weight is 620 g/mol. The number of Topliss-reactive ketones (excluding diaryl/α,β-unsaturated/α-hetero) is 1. The number of ether oxygens (including phenoxy) is 2. The van der Waals surface area contributed by atoms with Gasteiger partial charge in [0.05, 0.1) is 13.0 Å². The number of hydrogen-bond acceptors (Lipinski definition) is 8. The van der Waals surface area contributed by atoms with E-state index in [-0.39, 0.29) is 31.6 Å². The molecule has 44 heavy (non-hydrogen) atoms. The summed E-state index contributed by atoms with van der Waals surface area (Å²) in [5, 5.41) is 33.4. The number of hydrogen-bond donors (Lipinski definition) is 4. The van der Waals surface area contributed by atoms with Crippen molar-refractivity contribution >= 4 is 23.6 Å². The fraction of sp³-hybridized carbons (Fsp3) is 0.647. The second kappa shape index (κ2) is 22.3. The number of carbonyl (C=O) groups is 4. The van der Waals surface area contributed by atoms with Crippen molar-refractivity contribution in [1.82, 2.24) is 5.32 Å². The minimum Gasteiger partial charge on any atom is -0.508 e. The van der Waals surface area contributed by atoms with Crippen LogP contribution < -0.4 is 5.32 Å². The molecule has 0 aromatic heterocycles. The molecule has 4 N–H and O–H groups in total. The number of phenols is 1. The van der Waals surface area contributed by atoms with Gasteiger partial charge in [-0.05, 0) is 56.2 Å². The van der Waals surface area contributed by atoms with Crippen molar-refractivity contribution in [2.45, 2.75) is 115 Å². The number of allylic oxidation sites excluding steroid dienone is 1. The van der Waals surface area contributed by atoms with Crippen LogP contribution in [0, 0.1) is 5.92 Å². The number of carboxylic acids is 1. The predicted molar refractivity (Wildman–Crippen MR) is 168 cm³/mol. The Labute approximate surface area is 262 Å². The van der Waals surface area contributed by atoms with Crippen LogP contribution in [-0.4, -0.2) is 71.4 Å². The summed E-state index contributed by atoms with van der Waals surface area (Å²) in [6, 6.07) is 4.94. The van der Waals surface area contributed by atoms with E-state index in [2.05, 4.69) is 12.2 Å². The van der Waals surface area contributed by atoms with Crippen molar-refractivity contribution in [3.8, 4) is 5.75 Å². The molecular weight excluding hydrogens is 566 g/mol. The quantitative estimate of drug-likeness (QED) is 0.0649. The smallest absolute Gasteiger partial charge is 0.336 e. The first-order valence-corrected chi connectivity index (χ1v) is 15.9. The SMILES string of the molecule is CCCCCCCC(=O)CCCCCC/C=C/[C@H](C(=O)N[C@@H](Cc1ccc(O)cc1)C(=O)OC)[C@@](O)(CCCOC)C(=O)O. The number of carboxylic acid groups (broad SMARTS) is 1. The highest BCUT2D eigenvalue weighted by molar-refractivity contribution is 5.92. The molecule has 10 heteroatoms. The zero-order valence-corrected chi connectivity index (χ0v) is 26.7. The second-order valence-electron chi connectivity index (χ2n) is 11.3. The van der Waals surface area contributed by atoms with E-state index in [1.165, 1.54) is 51.7 Å². The third-order valence-electron chi connectivity index (χ3n) is 7.72. The van der Waals surface area contributed by atoms with E-state index in [1.54, 1.807) is 18.2 Å². The molecule has 1 rings (SSSR count). The summed E-state index contributed by atoms with van der Waals surface area (Å²) in [4.78, 5) is 50.4. The molecule has 0 radical (unpaired) electrons. The van der Waals surface area contributed by atoms with Gasteiger partial charge in [0, 0.05) is 33.0 Å². The van der Waals surface area contributed by atoms with Gasteiger partial charge in [0.25, 0.3) is 0 Å². The normalized spacial score (nSPS) is 14.1. The van der Waals surface area contributed by atoms with Gasteiger partial charge in [-0.15, -0.1) is 0 Å². The Morgan fingerprint density at radius 3 is 2.09 bits per heavy atom. The van der Waals surface area contributed by atoms with Crippen LogP contribution in [-0.2, 0) is 35.1 Å². The Morgan fingerprint density at radius 2 is 1.52 bits per heavy atom. The fourth-order valence-corrected chi connectivity index (χ4v) is 5.03. The first kappa shape index (κ1) is 38.8. The number of benzene rings is 1. The van der Waals surface area contributed by atoms with Crippen molar-refractivity contribution in [1.29, 1.82) is 0 Å². The average Bonchev–Trinajstić information content (AvgIpc) is 3.00. The number of phenolic OH excluding ortho intramolecular Hbond substituents is 1. The third kappa shape index (κ3) is 15.0. The number of aliphatic carboxylic acids is 1. The molecule has 1 aromatic carbocycles. The van der Waals surface area contributed by atoms with Crippen molar-refractivity contribution in [2.75, 3.05) is 20.8 Å². The van der Waals surface area contributed by atoms with Crippen LogP contribution in [0.5, 0.6) is 5.75 Å². The zero-order chi connectivity index (χ0) is 32.8. The summed E-state index contributed by atoms with van der Waals surface area (Å²) in [5.74, 6) is -4.25. The Morgan fingerprint density at radius 1 is 0.909 bits per heavy atom. The van der Waals surface area contributed by atoms with Crippen LogP contribution >= 0.6 is 0 Å². The molecule has 0 spiro atoms. The molecule has 3 atom stereocenters. The topological polar surface area (TPSA) is 159 Å². The van der Waals surface area contributed by atoms with Crippen LogP contribution in [0.15, 0.2) is 36.4 Å². The van der Waals surface area contributed by atoms with E-state index < -0.39 is 35.4 Å². The highest BCUT2D eigenvalue weighted by atomic mass is 16.5. The van der Waals surface area contributed by atoms with Crippen LogP contribution in [0.2, 0.25) is 0 Å². The largest absolute Gasteiger partial charge is 0.508 e. The molecule has 0 unspecified atom stereocenters. The summed E-state index contributed by atoms with van der Waals surface area (Å²) in [5.41, 5.74) is -1.80. The van der Waals surface area contributed by atoms with E-state index in [0.29, 0.717) is 30.6 Å². The van der Waals surface area contributed by atoms with Crippen LogP contribution in [0.1, 0.15) is 102 Å². The Kier molecular flexibility index (Phi) is 19.7. The number of aromatic hydroxyl groups is 1. The highest BCUT2D eigenvalue weighted by Gasteiger charge is 2.47. The lowest BCUT2D eigenvalue weighted by molar-refractivity contribution is -0.168. The molecule has 0 bridgehead atoms.